The second-order valence-electron chi connectivity index (χ2n) is 6.42. The first kappa shape index (κ1) is 16.7. The molecule has 0 amide bonds. The molecule has 126 valence electrons. The third-order valence-corrected chi connectivity index (χ3v) is 4.74. The van der Waals surface area contributed by atoms with Gasteiger partial charge < -0.3 is 0 Å². The van der Waals surface area contributed by atoms with Crippen molar-refractivity contribution >= 4 is 0 Å². The average Bonchev–Trinajstić information content (AvgIpc) is 2.63. The van der Waals surface area contributed by atoms with Crippen LogP contribution in [0.5, 0.6) is 0 Å². The summed E-state index contributed by atoms with van der Waals surface area (Å²) in [5.41, 5.74) is 1.63. The molecule has 0 unspecified atom stereocenters. The fourth-order valence-electron chi connectivity index (χ4n) is 3.31. The highest BCUT2D eigenvalue weighted by Gasteiger charge is 2.21. The van der Waals surface area contributed by atoms with Gasteiger partial charge >= 0.3 is 0 Å². The van der Waals surface area contributed by atoms with Crippen LogP contribution < -0.4 is 0 Å². The third-order valence-electron chi connectivity index (χ3n) is 4.74. The molecule has 0 saturated heterocycles. The van der Waals surface area contributed by atoms with E-state index in [9.17, 15) is 8.78 Å². The lowest BCUT2D eigenvalue weighted by molar-refractivity contribution is 0.374. The fraction of sp³-hybridized carbons (Fsp3) is 0.400. The molecule has 24 heavy (non-hydrogen) atoms. The van der Waals surface area contributed by atoms with E-state index in [0.717, 1.165) is 37.0 Å². The maximum absolute atomic E-state index is 13.3. The smallest absolute Gasteiger partial charge is 0.159 e. The minimum atomic E-state index is -0.876. The first-order valence-electron chi connectivity index (χ1n) is 8.61. The van der Waals surface area contributed by atoms with Gasteiger partial charge in [0, 0.05) is 18.0 Å². The van der Waals surface area contributed by atoms with Gasteiger partial charge in [0.25, 0.3) is 0 Å². The maximum Gasteiger partial charge on any atom is 0.159 e. The number of hydrogen-bond acceptors (Lipinski definition) is 2. The maximum atomic E-state index is 13.3. The van der Waals surface area contributed by atoms with E-state index in [1.54, 1.807) is 0 Å². The zero-order valence-corrected chi connectivity index (χ0v) is 13.9. The zero-order valence-electron chi connectivity index (χ0n) is 13.9. The van der Waals surface area contributed by atoms with Crippen LogP contribution in [0.3, 0.4) is 0 Å². The Morgan fingerprint density at radius 3 is 2.38 bits per heavy atom. The Kier molecular flexibility index (Phi) is 5.34. The van der Waals surface area contributed by atoms with E-state index in [4.69, 9.17) is 0 Å². The molecular weight excluding hydrogens is 306 g/mol. The van der Waals surface area contributed by atoms with Crippen molar-refractivity contribution in [1.82, 2.24) is 9.97 Å². The Balaban J connectivity index is 1.67. The number of benzene rings is 1. The van der Waals surface area contributed by atoms with Crippen molar-refractivity contribution in [3.05, 3.63) is 59.9 Å². The Morgan fingerprint density at radius 2 is 1.75 bits per heavy atom. The molecule has 0 spiro atoms. The molecule has 1 aliphatic carbocycles. The number of allylic oxidation sites excluding steroid dienone is 2. The normalized spacial score (nSPS) is 21.3. The van der Waals surface area contributed by atoms with Crippen LogP contribution in [0.4, 0.5) is 8.78 Å². The van der Waals surface area contributed by atoms with Crippen molar-refractivity contribution < 1.29 is 8.78 Å². The van der Waals surface area contributed by atoms with Gasteiger partial charge in [-0.2, -0.15) is 0 Å². The van der Waals surface area contributed by atoms with Crippen LogP contribution in [0.1, 0.15) is 50.5 Å². The topological polar surface area (TPSA) is 25.8 Å². The van der Waals surface area contributed by atoms with Gasteiger partial charge in [-0.15, -0.1) is 0 Å². The molecule has 2 aromatic rings. The molecule has 4 heteroatoms. The molecule has 1 aromatic heterocycles. The van der Waals surface area contributed by atoms with E-state index in [0.29, 0.717) is 23.2 Å². The van der Waals surface area contributed by atoms with Crippen LogP contribution in [-0.2, 0) is 0 Å². The lowest BCUT2D eigenvalue weighted by Crippen LogP contribution is -2.12. The minimum Gasteiger partial charge on any atom is -0.236 e. The van der Waals surface area contributed by atoms with Crippen LogP contribution in [0.15, 0.2) is 42.7 Å². The molecule has 0 radical (unpaired) electrons. The monoisotopic (exact) mass is 328 g/mol. The predicted octanol–water partition coefficient (Wildman–Crippen LogP) is 5.66. The first-order valence-corrected chi connectivity index (χ1v) is 8.61. The second kappa shape index (κ2) is 7.65. The van der Waals surface area contributed by atoms with Gasteiger partial charge in [0.2, 0.25) is 0 Å². The zero-order chi connectivity index (χ0) is 16.9. The molecule has 1 heterocycles. The van der Waals surface area contributed by atoms with Crippen molar-refractivity contribution in [2.45, 2.75) is 44.9 Å². The highest BCUT2D eigenvalue weighted by atomic mass is 19.2. The summed E-state index contributed by atoms with van der Waals surface area (Å²) in [5.74, 6) is -0.112. The lowest BCUT2D eigenvalue weighted by atomic mass is 9.79. The second-order valence-corrected chi connectivity index (χ2v) is 6.42. The van der Waals surface area contributed by atoms with E-state index in [-0.39, 0.29) is 0 Å². The summed E-state index contributed by atoms with van der Waals surface area (Å²) in [6, 6.07) is 3.74. The Labute approximate surface area is 141 Å². The van der Waals surface area contributed by atoms with Gasteiger partial charge in [-0.3, -0.25) is 0 Å². The van der Waals surface area contributed by atoms with Crippen LogP contribution >= 0.6 is 0 Å². The van der Waals surface area contributed by atoms with Crippen molar-refractivity contribution in [1.29, 1.82) is 0 Å². The van der Waals surface area contributed by atoms with Gasteiger partial charge in [0.1, 0.15) is 0 Å². The van der Waals surface area contributed by atoms with Gasteiger partial charge in [-0.1, -0.05) is 19.1 Å². The Bertz CT molecular complexity index is 702. The quantitative estimate of drug-likeness (QED) is 0.677. The highest BCUT2D eigenvalue weighted by Crippen LogP contribution is 2.36. The first-order chi connectivity index (χ1) is 11.7. The molecule has 3 rings (SSSR count). The molecular formula is C20H22F2N2. The summed E-state index contributed by atoms with van der Waals surface area (Å²) in [5, 5.41) is 0. The van der Waals surface area contributed by atoms with E-state index in [1.807, 2.05) is 12.4 Å². The van der Waals surface area contributed by atoms with E-state index < -0.39 is 11.6 Å². The largest absolute Gasteiger partial charge is 0.236 e. The number of aromatic nitrogens is 2. The SMILES string of the molecule is CC/C=C/C1CCC(c2cnc(-c3ccc(F)c(F)c3)nc2)CC1. The summed E-state index contributed by atoms with van der Waals surface area (Å²) in [6.45, 7) is 2.16. The average molecular weight is 328 g/mol. The van der Waals surface area contributed by atoms with Gasteiger partial charge in [-0.05, 0) is 67.7 Å². The fourth-order valence-corrected chi connectivity index (χ4v) is 3.31. The standard InChI is InChI=1S/C20H22F2N2/c1-2-3-4-14-5-7-15(8-6-14)17-12-23-20(24-13-17)16-9-10-18(21)19(22)11-16/h3-4,9-15H,2,5-8H2,1H3/b4-3+. The van der Waals surface area contributed by atoms with Crippen molar-refractivity contribution in [3.8, 4) is 11.4 Å². The van der Waals surface area contributed by atoms with Crippen LogP contribution in [0, 0.1) is 17.6 Å². The van der Waals surface area contributed by atoms with Crippen molar-refractivity contribution in [2.24, 2.45) is 5.92 Å². The molecule has 0 aliphatic heterocycles. The minimum absolute atomic E-state index is 0.428. The lowest BCUT2D eigenvalue weighted by Gasteiger charge is -2.26. The molecule has 1 saturated carbocycles. The molecule has 0 atom stereocenters. The van der Waals surface area contributed by atoms with Crippen LogP contribution in [0.2, 0.25) is 0 Å². The van der Waals surface area contributed by atoms with Crippen molar-refractivity contribution in [3.63, 3.8) is 0 Å². The highest BCUT2D eigenvalue weighted by molar-refractivity contribution is 5.54. The third kappa shape index (κ3) is 3.86. The summed E-state index contributed by atoms with van der Waals surface area (Å²) in [7, 11) is 0. The molecule has 1 fully saturated rings. The number of nitrogens with zero attached hydrogens (tertiary/aromatic N) is 2. The van der Waals surface area contributed by atoms with Crippen molar-refractivity contribution in [2.75, 3.05) is 0 Å². The van der Waals surface area contributed by atoms with Gasteiger partial charge in [-0.25, -0.2) is 18.7 Å². The number of hydrogen-bond donors (Lipinski definition) is 0. The Hall–Kier alpha value is -2.10. The van der Waals surface area contributed by atoms with Crippen LogP contribution in [0.25, 0.3) is 11.4 Å². The van der Waals surface area contributed by atoms with Gasteiger partial charge in [0.15, 0.2) is 17.5 Å². The Morgan fingerprint density at radius 1 is 1.04 bits per heavy atom. The predicted molar refractivity (Wildman–Crippen MR) is 91.5 cm³/mol. The van der Waals surface area contributed by atoms with E-state index in [1.165, 1.54) is 18.9 Å². The van der Waals surface area contributed by atoms with E-state index >= 15 is 0 Å². The molecule has 1 aromatic carbocycles. The molecule has 2 nitrogen and oxygen atoms in total. The summed E-state index contributed by atoms with van der Waals surface area (Å²) >= 11 is 0. The summed E-state index contributed by atoms with van der Waals surface area (Å²) in [4.78, 5) is 8.70. The summed E-state index contributed by atoms with van der Waals surface area (Å²) in [6.07, 6.45) is 14.0. The molecule has 1 aliphatic rings. The van der Waals surface area contributed by atoms with E-state index in [2.05, 4.69) is 29.0 Å². The number of rotatable bonds is 4. The summed E-state index contributed by atoms with van der Waals surface area (Å²) < 4.78 is 26.3. The van der Waals surface area contributed by atoms with Gasteiger partial charge in [0.05, 0.1) is 0 Å². The molecule has 0 N–H and O–H groups in total. The molecule has 0 bridgehead atoms. The number of halogens is 2. The van der Waals surface area contributed by atoms with Crippen LogP contribution in [-0.4, -0.2) is 9.97 Å².